The summed E-state index contributed by atoms with van der Waals surface area (Å²) < 4.78 is 5.48. The van der Waals surface area contributed by atoms with Gasteiger partial charge in [-0.05, 0) is 84.3 Å². The van der Waals surface area contributed by atoms with E-state index in [2.05, 4.69) is 11.8 Å². The largest absolute Gasteiger partial charge is 0.444 e. The fourth-order valence-electron chi connectivity index (χ4n) is 3.84. The molecule has 128 valence electrons. The number of likely N-dealkylation sites (tertiary alicyclic amines) is 2. The lowest BCUT2D eigenvalue weighted by Gasteiger charge is -2.40. The van der Waals surface area contributed by atoms with Crippen LogP contribution in [0.3, 0.4) is 0 Å². The predicted molar refractivity (Wildman–Crippen MR) is 90.0 cm³/mol. The fraction of sp³-hybridized carbons (Fsp3) is 0.944. The molecule has 0 radical (unpaired) electrons. The Balaban J connectivity index is 1.72. The Bertz CT molecular complexity index is 349. The molecular weight excluding hydrogens is 276 g/mol. The molecule has 0 aromatic heterocycles. The third-order valence-electron chi connectivity index (χ3n) is 5.03. The molecule has 0 N–H and O–H groups in total. The average Bonchev–Trinajstić information content (AvgIpc) is 2.47. The van der Waals surface area contributed by atoms with E-state index in [1.807, 2.05) is 25.7 Å². The topological polar surface area (TPSA) is 32.8 Å². The van der Waals surface area contributed by atoms with Gasteiger partial charge in [0, 0.05) is 13.1 Å². The van der Waals surface area contributed by atoms with Crippen LogP contribution in [-0.2, 0) is 4.74 Å². The molecule has 0 bridgehead atoms. The minimum absolute atomic E-state index is 0.135. The zero-order valence-electron chi connectivity index (χ0n) is 14.9. The molecule has 0 saturated carbocycles. The number of hydrogen-bond donors (Lipinski definition) is 0. The standard InChI is InChI=1S/C18H34N2O2/c1-5-10-19-11-6-15(7-12-19)16-8-13-20(14-9-16)17(21)22-18(2,3)4/h15-16H,5-14H2,1-4H3. The molecule has 2 aliphatic heterocycles. The molecule has 4 heteroatoms. The van der Waals surface area contributed by atoms with Gasteiger partial charge in [-0.25, -0.2) is 4.79 Å². The fourth-order valence-corrected chi connectivity index (χ4v) is 3.84. The molecule has 2 fully saturated rings. The molecule has 0 spiro atoms. The van der Waals surface area contributed by atoms with Gasteiger partial charge in [0.25, 0.3) is 0 Å². The third kappa shape index (κ3) is 5.15. The molecule has 0 aliphatic carbocycles. The maximum absolute atomic E-state index is 12.1. The third-order valence-corrected chi connectivity index (χ3v) is 5.03. The molecule has 2 rings (SSSR count). The number of carbonyl (C=O) groups excluding carboxylic acids is 1. The van der Waals surface area contributed by atoms with Crippen molar-refractivity contribution in [2.45, 2.75) is 65.4 Å². The van der Waals surface area contributed by atoms with E-state index in [-0.39, 0.29) is 11.7 Å². The monoisotopic (exact) mass is 310 g/mol. The van der Waals surface area contributed by atoms with Crippen LogP contribution in [0, 0.1) is 11.8 Å². The van der Waals surface area contributed by atoms with E-state index >= 15 is 0 Å². The summed E-state index contributed by atoms with van der Waals surface area (Å²) in [6.45, 7) is 13.6. The van der Waals surface area contributed by atoms with Gasteiger partial charge in [0.05, 0.1) is 0 Å². The second-order valence-corrected chi connectivity index (χ2v) is 7.98. The smallest absolute Gasteiger partial charge is 0.410 e. The lowest BCUT2D eigenvalue weighted by atomic mass is 9.79. The van der Waals surface area contributed by atoms with Crippen molar-refractivity contribution >= 4 is 6.09 Å². The second kappa shape index (κ2) is 7.67. The van der Waals surface area contributed by atoms with Crippen molar-refractivity contribution in [2.24, 2.45) is 11.8 Å². The molecule has 0 aromatic carbocycles. The summed E-state index contributed by atoms with van der Waals surface area (Å²) in [5.74, 6) is 1.68. The van der Waals surface area contributed by atoms with Crippen LogP contribution in [0.15, 0.2) is 0 Å². The average molecular weight is 310 g/mol. The van der Waals surface area contributed by atoms with Gasteiger partial charge in [0.2, 0.25) is 0 Å². The van der Waals surface area contributed by atoms with Crippen LogP contribution < -0.4 is 0 Å². The molecule has 0 unspecified atom stereocenters. The van der Waals surface area contributed by atoms with Crippen molar-refractivity contribution in [2.75, 3.05) is 32.7 Å². The maximum Gasteiger partial charge on any atom is 0.410 e. The minimum atomic E-state index is -0.389. The zero-order valence-corrected chi connectivity index (χ0v) is 14.9. The van der Waals surface area contributed by atoms with Crippen LogP contribution in [0.1, 0.15) is 59.8 Å². The molecule has 0 atom stereocenters. The van der Waals surface area contributed by atoms with Gasteiger partial charge in [0.1, 0.15) is 5.60 Å². The van der Waals surface area contributed by atoms with Crippen molar-refractivity contribution in [1.29, 1.82) is 0 Å². The Labute approximate surface area is 136 Å². The van der Waals surface area contributed by atoms with E-state index in [4.69, 9.17) is 4.74 Å². The highest BCUT2D eigenvalue weighted by atomic mass is 16.6. The highest BCUT2D eigenvalue weighted by Gasteiger charge is 2.32. The van der Waals surface area contributed by atoms with Crippen molar-refractivity contribution in [1.82, 2.24) is 9.80 Å². The first-order valence-electron chi connectivity index (χ1n) is 9.09. The number of piperidine rings is 2. The summed E-state index contributed by atoms with van der Waals surface area (Å²) in [4.78, 5) is 16.6. The molecule has 2 saturated heterocycles. The van der Waals surface area contributed by atoms with E-state index in [0.29, 0.717) is 0 Å². The number of carbonyl (C=O) groups is 1. The van der Waals surface area contributed by atoms with Gasteiger partial charge in [-0.1, -0.05) is 6.92 Å². The highest BCUT2D eigenvalue weighted by Crippen LogP contribution is 2.32. The summed E-state index contributed by atoms with van der Waals surface area (Å²) >= 11 is 0. The second-order valence-electron chi connectivity index (χ2n) is 7.98. The van der Waals surface area contributed by atoms with Crippen LogP contribution >= 0.6 is 0 Å². The Morgan fingerprint density at radius 2 is 1.50 bits per heavy atom. The molecule has 1 amide bonds. The molecule has 22 heavy (non-hydrogen) atoms. The van der Waals surface area contributed by atoms with Crippen molar-refractivity contribution in [3.05, 3.63) is 0 Å². The SMILES string of the molecule is CCCN1CCC(C2CCN(C(=O)OC(C)(C)C)CC2)CC1. The molecule has 2 heterocycles. The lowest BCUT2D eigenvalue weighted by Crippen LogP contribution is -2.44. The van der Waals surface area contributed by atoms with Gasteiger partial charge >= 0.3 is 6.09 Å². The quantitative estimate of drug-likeness (QED) is 0.796. The van der Waals surface area contributed by atoms with Crippen LogP contribution in [-0.4, -0.2) is 54.2 Å². The molecule has 0 aromatic rings. The number of hydrogen-bond acceptors (Lipinski definition) is 3. The van der Waals surface area contributed by atoms with E-state index in [1.54, 1.807) is 0 Å². The van der Waals surface area contributed by atoms with Gasteiger partial charge in [-0.2, -0.15) is 0 Å². The predicted octanol–water partition coefficient (Wildman–Crippen LogP) is 3.76. The first kappa shape index (κ1) is 17.6. The van der Waals surface area contributed by atoms with Crippen LogP contribution in [0.5, 0.6) is 0 Å². The Kier molecular flexibility index (Phi) is 6.13. The summed E-state index contributed by atoms with van der Waals surface area (Å²) in [6, 6.07) is 0. The van der Waals surface area contributed by atoms with E-state index in [9.17, 15) is 4.79 Å². The van der Waals surface area contributed by atoms with Gasteiger partial charge < -0.3 is 14.5 Å². The lowest BCUT2D eigenvalue weighted by molar-refractivity contribution is 0.0136. The number of amides is 1. The number of rotatable bonds is 3. The first-order chi connectivity index (χ1) is 10.4. The van der Waals surface area contributed by atoms with Gasteiger partial charge in [-0.15, -0.1) is 0 Å². The van der Waals surface area contributed by atoms with Crippen molar-refractivity contribution in [3.63, 3.8) is 0 Å². The van der Waals surface area contributed by atoms with Crippen LogP contribution in [0.4, 0.5) is 4.79 Å². The van der Waals surface area contributed by atoms with Crippen LogP contribution in [0.2, 0.25) is 0 Å². The Morgan fingerprint density at radius 3 is 1.95 bits per heavy atom. The van der Waals surface area contributed by atoms with Crippen LogP contribution in [0.25, 0.3) is 0 Å². The summed E-state index contributed by atoms with van der Waals surface area (Å²) in [5.41, 5.74) is -0.389. The molecular formula is C18H34N2O2. The van der Waals surface area contributed by atoms with Gasteiger partial charge in [-0.3, -0.25) is 0 Å². The van der Waals surface area contributed by atoms with Gasteiger partial charge in [0.15, 0.2) is 0 Å². The maximum atomic E-state index is 12.1. The number of ether oxygens (including phenoxy) is 1. The summed E-state index contributed by atoms with van der Waals surface area (Å²) in [5, 5.41) is 0. The molecule has 2 aliphatic rings. The Hall–Kier alpha value is -0.770. The van der Waals surface area contributed by atoms with E-state index in [1.165, 1.54) is 38.9 Å². The van der Waals surface area contributed by atoms with Crippen molar-refractivity contribution < 1.29 is 9.53 Å². The summed E-state index contributed by atoms with van der Waals surface area (Å²) in [7, 11) is 0. The first-order valence-corrected chi connectivity index (χ1v) is 9.09. The minimum Gasteiger partial charge on any atom is -0.444 e. The van der Waals surface area contributed by atoms with E-state index in [0.717, 1.165) is 37.8 Å². The van der Waals surface area contributed by atoms with E-state index < -0.39 is 0 Å². The molecule has 4 nitrogen and oxygen atoms in total. The summed E-state index contributed by atoms with van der Waals surface area (Å²) in [6.07, 6.45) is 6.12. The number of nitrogens with zero attached hydrogens (tertiary/aromatic N) is 2. The Morgan fingerprint density at radius 1 is 1.00 bits per heavy atom. The highest BCUT2D eigenvalue weighted by molar-refractivity contribution is 5.68. The van der Waals surface area contributed by atoms with Crippen molar-refractivity contribution in [3.8, 4) is 0 Å². The normalized spacial score (nSPS) is 22.8. The zero-order chi connectivity index (χ0) is 16.2.